The van der Waals surface area contributed by atoms with Crippen molar-refractivity contribution < 1.29 is 27.8 Å². The summed E-state index contributed by atoms with van der Waals surface area (Å²) in [6.07, 6.45) is 25.0. The third-order valence-electron chi connectivity index (χ3n) is 7.87. The van der Waals surface area contributed by atoms with E-state index in [9.17, 15) is 14.3 Å². The molecular formula is C35H65N2O5P. The van der Waals surface area contributed by atoms with Gasteiger partial charge in [0.2, 0.25) is 5.91 Å². The van der Waals surface area contributed by atoms with Gasteiger partial charge in [0.15, 0.2) is 0 Å². The molecule has 1 N–H and O–H groups in total. The molecule has 0 saturated carbocycles. The normalized spacial score (nSPS) is 13.2. The fourth-order valence-corrected chi connectivity index (χ4v) is 5.79. The highest BCUT2D eigenvalue weighted by molar-refractivity contribution is 7.45. The Morgan fingerprint density at radius 3 is 1.65 bits per heavy atom. The Balaban J connectivity index is 1.83. The molecule has 0 saturated heterocycles. The van der Waals surface area contributed by atoms with Crippen molar-refractivity contribution >= 4 is 19.4 Å². The third kappa shape index (κ3) is 25.8. The second kappa shape index (κ2) is 25.0. The summed E-state index contributed by atoms with van der Waals surface area (Å²) >= 11 is 0. The molecule has 1 atom stereocenters. The van der Waals surface area contributed by atoms with Crippen LogP contribution in [0.1, 0.15) is 141 Å². The topological polar surface area (TPSA) is 87.7 Å². The van der Waals surface area contributed by atoms with Crippen LogP contribution in [0.25, 0.3) is 0 Å². The Morgan fingerprint density at radius 1 is 0.698 bits per heavy atom. The predicted molar refractivity (Wildman–Crippen MR) is 179 cm³/mol. The molecule has 0 spiro atoms. The van der Waals surface area contributed by atoms with Crippen molar-refractivity contribution in [2.75, 3.05) is 46.2 Å². The van der Waals surface area contributed by atoms with Crippen LogP contribution in [0.5, 0.6) is 0 Å². The number of hydrogen-bond donors (Lipinski definition) is 1. The first-order valence-electron chi connectivity index (χ1n) is 17.4. The number of unbranched alkanes of at least 4 members (excludes halogenated alkanes) is 17. The fourth-order valence-electron chi connectivity index (χ4n) is 5.06. The first kappa shape index (κ1) is 39.8. The summed E-state index contributed by atoms with van der Waals surface area (Å²) in [6, 6.07) is 8.38. The molecular weight excluding hydrogens is 559 g/mol. The number of likely N-dealkylation sites (N-methyl/N-ethyl adjacent to an activating group) is 1. The zero-order valence-corrected chi connectivity index (χ0v) is 29.1. The lowest BCUT2D eigenvalue weighted by Gasteiger charge is -2.27. The lowest BCUT2D eigenvalue weighted by molar-refractivity contribution is -0.870. The largest absolute Gasteiger partial charge is 0.756 e. The van der Waals surface area contributed by atoms with Crippen molar-refractivity contribution in [1.82, 2.24) is 0 Å². The lowest BCUT2D eigenvalue weighted by atomic mass is 10.0. The highest BCUT2D eigenvalue weighted by Gasteiger charge is 2.13. The van der Waals surface area contributed by atoms with Crippen LogP contribution in [0.3, 0.4) is 0 Å². The maximum absolute atomic E-state index is 12.0. The van der Waals surface area contributed by atoms with Gasteiger partial charge in [0.1, 0.15) is 13.2 Å². The van der Waals surface area contributed by atoms with Crippen LogP contribution in [-0.4, -0.2) is 51.3 Å². The quantitative estimate of drug-likeness (QED) is 0.0545. The lowest BCUT2D eigenvalue weighted by Crippen LogP contribution is -2.37. The third-order valence-corrected chi connectivity index (χ3v) is 8.86. The van der Waals surface area contributed by atoms with Gasteiger partial charge >= 0.3 is 0 Å². The van der Waals surface area contributed by atoms with Crippen molar-refractivity contribution in [3.05, 3.63) is 29.8 Å². The number of rotatable bonds is 29. The van der Waals surface area contributed by atoms with Gasteiger partial charge in [-0.3, -0.25) is 9.36 Å². The minimum atomic E-state index is -4.16. The summed E-state index contributed by atoms with van der Waals surface area (Å²) < 4.78 is 22.3. The standard InChI is InChI=1S/C35H65N2O5P/c1-5-6-21-25-35(38)36-34-28-26-33(27-29-34)24-22-19-17-15-13-11-9-7-8-10-12-14-16-18-20-23-31-41-43(39,40)42-32-30-37(2,3)4/h26-29H,5-25,30-32H2,1-4H3,(H-,36,38,39,40). The Bertz CT molecular complexity index is 857. The summed E-state index contributed by atoms with van der Waals surface area (Å²) in [5.74, 6) is 0.124. The fraction of sp³-hybridized carbons (Fsp3) is 0.800. The molecule has 7 nitrogen and oxygen atoms in total. The highest BCUT2D eigenvalue weighted by Crippen LogP contribution is 2.38. The molecule has 0 fully saturated rings. The Hall–Kier alpha value is -1.24. The second-order valence-electron chi connectivity index (χ2n) is 13.2. The van der Waals surface area contributed by atoms with E-state index in [1.165, 1.54) is 89.0 Å². The van der Waals surface area contributed by atoms with Crippen LogP contribution in [0, 0.1) is 0 Å². The highest BCUT2D eigenvalue weighted by atomic mass is 31.2. The second-order valence-corrected chi connectivity index (χ2v) is 14.6. The smallest absolute Gasteiger partial charge is 0.268 e. The molecule has 8 heteroatoms. The number of aryl methyl sites for hydroxylation is 1. The number of amides is 1. The van der Waals surface area contributed by atoms with Gasteiger partial charge in [0, 0.05) is 12.1 Å². The number of carbonyl (C=O) groups is 1. The summed E-state index contributed by atoms with van der Waals surface area (Å²) in [6.45, 7) is 3.16. The first-order chi connectivity index (χ1) is 20.6. The number of phosphoric acid groups is 1. The van der Waals surface area contributed by atoms with E-state index in [4.69, 9.17) is 9.05 Å². The molecule has 0 bridgehead atoms. The van der Waals surface area contributed by atoms with Crippen LogP contribution in [0.15, 0.2) is 24.3 Å². The van der Waals surface area contributed by atoms with Crippen molar-refractivity contribution in [2.24, 2.45) is 0 Å². The number of nitrogens with one attached hydrogen (secondary N) is 1. The SMILES string of the molecule is CCCCCC(=O)Nc1ccc(CCCCCCCCCCCCCCCCCCOP(=O)([O-])OCC[N+](C)(C)C)cc1. The minimum Gasteiger partial charge on any atom is -0.756 e. The summed E-state index contributed by atoms with van der Waals surface area (Å²) in [5, 5.41) is 3.01. The summed E-state index contributed by atoms with van der Waals surface area (Å²) in [7, 11) is 1.83. The average Bonchev–Trinajstić information content (AvgIpc) is 2.94. The van der Waals surface area contributed by atoms with Gasteiger partial charge in [-0.25, -0.2) is 0 Å². The zero-order valence-electron chi connectivity index (χ0n) is 28.2. The molecule has 43 heavy (non-hydrogen) atoms. The first-order valence-corrected chi connectivity index (χ1v) is 18.9. The van der Waals surface area contributed by atoms with Gasteiger partial charge in [-0.2, -0.15) is 0 Å². The Morgan fingerprint density at radius 2 is 1.16 bits per heavy atom. The van der Waals surface area contributed by atoms with Crippen LogP contribution in [-0.2, 0) is 24.8 Å². The molecule has 1 aromatic carbocycles. The van der Waals surface area contributed by atoms with Crippen molar-refractivity contribution in [3.63, 3.8) is 0 Å². The van der Waals surface area contributed by atoms with Gasteiger partial charge in [0.05, 0.1) is 27.7 Å². The molecule has 0 aliphatic heterocycles. The van der Waals surface area contributed by atoms with Crippen LogP contribution >= 0.6 is 7.82 Å². The van der Waals surface area contributed by atoms with E-state index >= 15 is 0 Å². The molecule has 0 aliphatic rings. The van der Waals surface area contributed by atoms with E-state index in [0.717, 1.165) is 50.6 Å². The monoisotopic (exact) mass is 624 g/mol. The molecule has 0 heterocycles. The van der Waals surface area contributed by atoms with E-state index in [2.05, 4.69) is 24.4 Å². The van der Waals surface area contributed by atoms with Gasteiger partial charge in [0.25, 0.3) is 7.82 Å². The van der Waals surface area contributed by atoms with E-state index in [1.54, 1.807) is 0 Å². The van der Waals surface area contributed by atoms with E-state index in [1.807, 2.05) is 33.3 Å². The van der Waals surface area contributed by atoms with Gasteiger partial charge in [-0.1, -0.05) is 122 Å². The van der Waals surface area contributed by atoms with E-state index < -0.39 is 7.82 Å². The number of nitrogens with zero attached hydrogens (tertiary/aromatic N) is 1. The Labute approximate surface area is 264 Å². The molecule has 1 amide bonds. The van der Waals surface area contributed by atoms with Crippen molar-refractivity contribution in [2.45, 2.75) is 142 Å². The molecule has 0 aromatic heterocycles. The van der Waals surface area contributed by atoms with Gasteiger partial charge in [-0.05, 0) is 43.4 Å². The maximum Gasteiger partial charge on any atom is 0.268 e. The van der Waals surface area contributed by atoms with Crippen LogP contribution in [0.4, 0.5) is 5.69 Å². The van der Waals surface area contributed by atoms with Gasteiger partial charge in [-0.15, -0.1) is 0 Å². The van der Waals surface area contributed by atoms with Crippen LogP contribution < -0.4 is 10.2 Å². The Kier molecular flexibility index (Phi) is 23.1. The zero-order chi connectivity index (χ0) is 31.7. The van der Waals surface area contributed by atoms with Crippen molar-refractivity contribution in [3.8, 4) is 0 Å². The maximum atomic E-state index is 12.0. The number of phosphoric ester groups is 1. The molecule has 1 unspecified atom stereocenters. The summed E-state index contributed by atoms with van der Waals surface area (Å²) in [5.41, 5.74) is 2.27. The molecule has 1 rings (SSSR count). The minimum absolute atomic E-state index is 0.124. The number of hydrogen-bond acceptors (Lipinski definition) is 5. The molecule has 1 aromatic rings. The number of quaternary nitrogens is 1. The van der Waals surface area contributed by atoms with Gasteiger partial charge < -0.3 is 23.7 Å². The number of benzene rings is 1. The summed E-state index contributed by atoms with van der Waals surface area (Å²) in [4.78, 5) is 23.7. The van der Waals surface area contributed by atoms with Crippen LogP contribution in [0.2, 0.25) is 0 Å². The van der Waals surface area contributed by atoms with E-state index in [-0.39, 0.29) is 19.1 Å². The molecule has 0 aliphatic carbocycles. The number of anilines is 1. The predicted octanol–water partition coefficient (Wildman–Crippen LogP) is 9.20. The van der Waals surface area contributed by atoms with Crippen molar-refractivity contribution in [1.29, 1.82) is 0 Å². The molecule has 0 radical (unpaired) electrons. The average molecular weight is 625 g/mol. The number of carbonyl (C=O) groups excluding carboxylic acids is 1. The van der Waals surface area contributed by atoms with E-state index in [0.29, 0.717) is 17.4 Å². The molecule has 250 valence electrons.